The van der Waals surface area contributed by atoms with E-state index in [1.165, 1.54) is 9.28 Å². The van der Waals surface area contributed by atoms with Crippen LogP contribution in [0.4, 0.5) is 5.82 Å². The number of imidazole rings is 1. The molecule has 4 rings (SSSR count). The number of carbonyl (C=O) groups is 1. The molecule has 0 unspecified atom stereocenters. The number of sulfone groups is 1. The van der Waals surface area contributed by atoms with Crippen molar-refractivity contribution in [3.8, 4) is 10.6 Å². The second kappa shape index (κ2) is 6.32. The van der Waals surface area contributed by atoms with Gasteiger partial charge in [-0.3, -0.25) is 14.3 Å². The van der Waals surface area contributed by atoms with Crippen LogP contribution in [-0.4, -0.2) is 40.2 Å². The highest BCUT2D eigenvalue weighted by molar-refractivity contribution is 7.90. The maximum Gasteiger partial charge on any atom is 0.277 e. The SMILES string of the molecule is Cc1ccc(-c2cc(NC(=O)c3nc(S(C)(=O)=O)n4ccccc34)n[nH]2)s1. The summed E-state index contributed by atoms with van der Waals surface area (Å²) in [4.78, 5) is 18.9. The van der Waals surface area contributed by atoms with Crippen LogP contribution in [-0.2, 0) is 9.84 Å². The van der Waals surface area contributed by atoms with Crippen molar-refractivity contribution in [2.24, 2.45) is 0 Å². The molecular weight excluding hydrogens is 386 g/mol. The van der Waals surface area contributed by atoms with Crippen molar-refractivity contribution in [1.82, 2.24) is 19.6 Å². The van der Waals surface area contributed by atoms with E-state index in [1.54, 1.807) is 41.8 Å². The summed E-state index contributed by atoms with van der Waals surface area (Å²) < 4.78 is 25.3. The minimum Gasteiger partial charge on any atom is -0.304 e. The molecule has 0 saturated carbocycles. The Bertz CT molecular complexity index is 1270. The average Bonchev–Trinajstić information content (AvgIpc) is 3.31. The summed E-state index contributed by atoms with van der Waals surface area (Å²) in [5, 5.41) is 9.47. The van der Waals surface area contributed by atoms with E-state index in [4.69, 9.17) is 0 Å². The first kappa shape index (κ1) is 17.4. The van der Waals surface area contributed by atoms with Crippen molar-refractivity contribution in [3.05, 3.63) is 53.2 Å². The van der Waals surface area contributed by atoms with Gasteiger partial charge in [-0.1, -0.05) is 6.07 Å². The minimum atomic E-state index is -3.59. The number of H-pyrrole nitrogens is 1. The van der Waals surface area contributed by atoms with E-state index in [2.05, 4.69) is 20.5 Å². The Morgan fingerprint density at radius 3 is 2.78 bits per heavy atom. The molecule has 4 aromatic rings. The Morgan fingerprint density at radius 1 is 1.26 bits per heavy atom. The number of carbonyl (C=O) groups excluding carboxylic acids is 1. The lowest BCUT2D eigenvalue weighted by atomic mass is 10.3. The molecular formula is C17H15N5O3S2. The molecule has 0 saturated heterocycles. The summed E-state index contributed by atoms with van der Waals surface area (Å²) in [7, 11) is -3.59. The second-order valence-electron chi connectivity index (χ2n) is 6.00. The summed E-state index contributed by atoms with van der Waals surface area (Å²) >= 11 is 1.61. The van der Waals surface area contributed by atoms with Crippen LogP contribution in [0.1, 0.15) is 15.4 Å². The summed E-state index contributed by atoms with van der Waals surface area (Å²) in [5.74, 6) is -0.201. The van der Waals surface area contributed by atoms with Gasteiger partial charge in [-0.2, -0.15) is 5.10 Å². The molecule has 4 aromatic heterocycles. The molecule has 0 aliphatic carbocycles. The Labute approximate surface area is 158 Å². The van der Waals surface area contributed by atoms with Crippen molar-refractivity contribution in [1.29, 1.82) is 0 Å². The van der Waals surface area contributed by atoms with Gasteiger partial charge in [-0.15, -0.1) is 11.3 Å². The van der Waals surface area contributed by atoms with Gasteiger partial charge in [0.15, 0.2) is 11.5 Å². The topological polar surface area (TPSA) is 109 Å². The number of aryl methyl sites for hydroxylation is 1. The molecule has 0 aliphatic heterocycles. The number of pyridine rings is 1. The number of amides is 1. The van der Waals surface area contributed by atoms with E-state index < -0.39 is 15.7 Å². The molecule has 0 fully saturated rings. The van der Waals surface area contributed by atoms with E-state index in [-0.39, 0.29) is 10.9 Å². The fourth-order valence-electron chi connectivity index (χ4n) is 2.71. The smallest absolute Gasteiger partial charge is 0.277 e. The predicted molar refractivity (Wildman–Crippen MR) is 103 cm³/mol. The van der Waals surface area contributed by atoms with Gasteiger partial charge in [0.05, 0.1) is 16.1 Å². The number of rotatable bonds is 4. The number of anilines is 1. The van der Waals surface area contributed by atoms with Crippen LogP contribution in [0.2, 0.25) is 0 Å². The standard InChI is InChI=1S/C17H15N5O3S2/c1-10-6-7-13(26-10)11-9-14(21-20-11)18-16(23)15-12-5-3-4-8-22(12)17(19-15)27(2,24)25/h3-9H,1-2H3,(H2,18,20,21,23). The number of nitrogens with one attached hydrogen (secondary N) is 2. The largest absolute Gasteiger partial charge is 0.304 e. The van der Waals surface area contributed by atoms with Gasteiger partial charge >= 0.3 is 0 Å². The fraction of sp³-hybridized carbons (Fsp3) is 0.118. The zero-order chi connectivity index (χ0) is 19.2. The van der Waals surface area contributed by atoms with Crippen LogP contribution in [0.3, 0.4) is 0 Å². The maximum absolute atomic E-state index is 12.7. The van der Waals surface area contributed by atoms with Gasteiger partial charge < -0.3 is 5.32 Å². The highest BCUT2D eigenvalue weighted by Crippen LogP contribution is 2.27. The molecule has 0 atom stereocenters. The van der Waals surface area contributed by atoms with Crippen LogP contribution < -0.4 is 5.32 Å². The molecule has 138 valence electrons. The van der Waals surface area contributed by atoms with Gasteiger partial charge in [0.1, 0.15) is 0 Å². The van der Waals surface area contributed by atoms with Crippen molar-refractivity contribution in [2.45, 2.75) is 12.1 Å². The van der Waals surface area contributed by atoms with Gasteiger partial charge in [0, 0.05) is 23.4 Å². The van der Waals surface area contributed by atoms with E-state index >= 15 is 0 Å². The lowest BCUT2D eigenvalue weighted by Crippen LogP contribution is -2.13. The Balaban J connectivity index is 1.67. The van der Waals surface area contributed by atoms with Crippen molar-refractivity contribution < 1.29 is 13.2 Å². The lowest BCUT2D eigenvalue weighted by molar-refractivity contribution is 0.102. The lowest BCUT2D eigenvalue weighted by Gasteiger charge is -1.99. The van der Waals surface area contributed by atoms with Crippen molar-refractivity contribution in [3.63, 3.8) is 0 Å². The van der Waals surface area contributed by atoms with E-state index in [9.17, 15) is 13.2 Å². The number of fused-ring (bicyclic) bond motifs is 1. The third-order valence-electron chi connectivity index (χ3n) is 3.89. The summed E-state index contributed by atoms with van der Waals surface area (Å²) in [5.41, 5.74) is 1.21. The monoisotopic (exact) mass is 401 g/mol. The number of hydrogen-bond acceptors (Lipinski definition) is 6. The third-order valence-corrected chi connectivity index (χ3v) is 5.87. The molecule has 0 bridgehead atoms. The van der Waals surface area contributed by atoms with Crippen LogP contribution in [0.5, 0.6) is 0 Å². The van der Waals surface area contributed by atoms with Crippen molar-refractivity contribution in [2.75, 3.05) is 11.6 Å². The van der Waals surface area contributed by atoms with Crippen LogP contribution in [0.25, 0.3) is 16.1 Å². The first-order chi connectivity index (χ1) is 12.8. The highest BCUT2D eigenvalue weighted by Gasteiger charge is 2.23. The quantitative estimate of drug-likeness (QED) is 0.546. The molecule has 4 heterocycles. The molecule has 8 nitrogen and oxygen atoms in total. The summed E-state index contributed by atoms with van der Waals surface area (Å²) in [6, 6.07) is 10.7. The molecule has 0 spiro atoms. The molecule has 27 heavy (non-hydrogen) atoms. The first-order valence-electron chi connectivity index (χ1n) is 7.93. The van der Waals surface area contributed by atoms with Gasteiger partial charge in [0.2, 0.25) is 15.0 Å². The van der Waals surface area contributed by atoms with Gasteiger partial charge in [0.25, 0.3) is 5.91 Å². The Morgan fingerprint density at radius 2 is 2.07 bits per heavy atom. The Hall–Kier alpha value is -2.98. The molecule has 0 aromatic carbocycles. The van der Waals surface area contributed by atoms with E-state index in [1.807, 2.05) is 19.1 Å². The van der Waals surface area contributed by atoms with Gasteiger partial charge in [-0.25, -0.2) is 13.4 Å². The van der Waals surface area contributed by atoms with Crippen LogP contribution in [0.15, 0.2) is 47.8 Å². The van der Waals surface area contributed by atoms with Crippen LogP contribution >= 0.6 is 11.3 Å². The minimum absolute atomic E-state index is 0.0209. The number of hydrogen-bond donors (Lipinski definition) is 2. The number of aromatic amines is 1. The van der Waals surface area contributed by atoms with Crippen molar-refractivity contribution >= 4 is 38.4 Å². The van der Waals surface area contributed by atoms with Crippen LogP contribution in [0, 0.1) is 6.92 Å². The summed E-state index contributed by atoms with van der Waals surface area (Å²) in [6.07, 6.45) is 2.61. The normalized spacial score (nSPS) is 11.8. The highest BCUT2D eigenvalue weighted by atomic mass is 32.2. The average molecular weight is 401 g/mol. The number of thiophene rings is 1. The zero-order valence-corrected chi connectivity index (χ0v) is 16.1. The Kier molecular flexibility index (Phi) is 4.08. The molecule has 1 amide bonds. The molecule has 0 aliphatic rings. The summed E-state index contributed by atoms with van der Waals surface area (Å²) in [6.45, 7) is 2.01. The molecule has 10 heteroatoms. The third kappa shape index (κ3) is 3.24. The second-order valence-corrected chi connectivity index (χ2v) is 9.20. The number of nitrogens with zero attached hydrogens (tertiary/aromatic N) is 3. The maximum atomic E-state index is 12.7. The predicted octanol–water partition coefficient (Wildman–Crippen LogP) is 2.75. The molecule has 2 N–H and O–H groups in total. The fourth-order valence-corrected chi connectivity index (χ4v) is 4.31. The van der Waals surface area contributed by atoms with Gasteiger partial charge in [-0.05, 0) is 31.2 Å². The number of aromatic nitrogens is 4. The molecule has 0 radical (unpaired) electrons. The van der Waals surface area contributed by atoms with E-state index in [0.717, 1.165) is 16.8 Å². The first-order valence-corrected chi connectivity index (χ1v) is 10.6. The van der Waals surface area contributed by atoms with E-state index in [0.29, 0.717) is 11.3 Å². The zero-order valence-electron chi connectivity index (χ0n) is 14.4.